The van der Waals surface area contributed by atoms with Crippen molar-refractivity contribution in [3.63, 3.8) is 0 Å². The lowest BCUT2D eigenvalue weighted by Crippen LogP contribution is -2.01. The molecule has 0 spiro atoms. The zero-order valence-electron chi connectivity index (χ0n) is 4.47. The number of hydrogen-bond donors (Lipinski definition) is 1. The molecule has 0 aromatic heterocycles. The van der Waals surface area contributed by atoms with E-state index in [1.54, 1.807) is 0 Å². The van der Waals surface area contributed by atoms with Crippen LogP contribution in [0.3, 0.4) is 0 Å². The van der Waals surface area contributed by atoms with Gasteiger partial charge in [-0.2, -0.15) is 0 Å². The number of nitrogens with two attached hydrogens (primary N) is 1. The van der Waals surface area contributed by atoms with Crippen molar-refractivity contribution in [2.24, 2.45) is 5.73 Å². The van der Waals surface area contributed by atoms with E-state index in [0.29, 0.717) is 6.54 Å². The maximum atomic E-state index is 5.38. The van der Waals surface area contributed by atoms with Gasteiger partial charge in [0, 0.05) is 6.54 Å². The molecule has 44 valence electrons. The van der Waals surface area contributed by atoms with Crippen LogP contribution in [0.15, 0.2) is 21.8 Å². The number of allylic oxidation sites excluding steroid dienone is 1. The van der Waals surface area contributed by atoms with Crippen molar-refractivity contribution in [2.45, 2.75) is 0 Å². The van der Waals surface area contributed by atoms with Crippen molar-refractivity contribution < 1.29 is 0 Å². The van der Waals surface area contributed by atoms with E-state index in [4.69, 9.17) is 5.73 Å². The van der Waals surface area contributed by atoms with Crippen LogP contribution < -0.4 is 5.73 Å². The average Bonchev–Trinajstić information content (AvgIpc) is 1.90. The zero-order valence-corrected chi connectivity index (χ0v) is 6.63. The molecule has 0 aromatic rings. The maximum absolute atomic E-state index is 5.38. The number of hydrogen-bond acceptors (Lipinski definition) is 1. The predicted octanol–water partition coefficient (Wildman–Crippen LogP) is 1.17. The normalized spacial score (nSPS) is 17.4. The molecule has 0 unspecified atom stereocenters. The summed E-state index contributed by atoms with van der Waals surface area (Å²) in [5, 5.41) is 0. The molecule has 0 aliphatic carbocycles. The van der Waals surface area contributed by atoms with Crippen LogP contribution in [0.5, 0.6) is 0 Å². The van der Waals surface area contributed by atoms with Crippen LogP contribution in [-0.2, 0) is 0 Å². The molecule has 1 rings (SSSR count). The summed E-state index contributed by atoms with van der Waals surface area (Å²) in [7, 11) is 0. The van der Waals surface area contributed by atoms with Gasteiger partial charge in [0.05, 0.1) is 0 Å². The van der Waals surface area contributed by atoms with E-state index in [2.05, 4.69) is 20.2 Å². The summed E-state index contributed by atoms with van der Waals surface area (Å²) in [6.07, 6.45) is 4.24. The molecule has 1 heterocycles. The second-order valence-corrected chi connectivity index (χ2v) is 3.65. The highest BCUT2D eigenvalue weighted by atomic mass is 127. The Labute approximate surface area is 59.0 Å². The van der Waals surface area contributed by atoms with Gasteiger partial charge in [-0.05, 0) is 13.7 Å². The summed E-state index contributed by atoms with van der Waals surface area (Å²) in [4.78, 5) is 0. The van der Waals surface area contributed by atoms with Gasteiger partial charge in [-0.1, -0.05) is 32.9 Å². The summed E-state index contributed by atoms with van der Waals surface area (Å²) in [5.74, 6) is 0. The molecule has 0 aromatic carbocycles. The van der Waals surface area contributed by atoms with Gasteiger partial charge < -0.3 is 5.73 Å². The minimum Gasteiger partial charge on any atom is -0.326 e. The lowest BCUT2D eigenvalue weighted by molar-refractivity contribution is 1.19. The third-order valence-electron chi connectivity index (χ3n) is 0.935. The molecule has 0 fully saturated rings. The molecular weight excluding hydrogens is 213 g/mol. The van der Waals surface area contributed by atoms with Gasteiger partial charge in [0.2, 0.25) is 0 Å². The Balaban J connectivity index is 2.68. The van der Waals surface area contributed by atoms with Crippen LogP contribution in [0, 0.1) is 0 Å². The molecule has 1 nitrogen and oxygen atoms in total. The summed E-state index contributed by atoms with van der Waals surface area (Å²) in [5.41, 5.74) is 6.62. The minimum absolute atomic E-state index is 0.244. The van der Waals surface area contributed by atoms with Gasteiger partial charge in [0.15, 0.2) is 0 Å². The molecule has 2 heteroatoms. The Bertz CT molecular complexity index is 156. The highest BCUT2D eigenvalue weighted by molar-refractivity contribution is 14.2. The molecule has 8 heavy (non-hydrogen) atoms. The van der Waals surface area contributed by atoms with Crippen LogP contribution in [0.4, 0.5) is 0 Å². The molecule has 0 bridgehead atoms. The van der Waals surface area contributed by atoms with Gasteiger partial charge in [0.1, 0.15) is 0 Å². The molecule has 0 atom stereocenters. The Morgan fingerprint density at radius 2 is 2.50 bits per heavy atom. The van der Waals surface area contributed by atoms with Gasteiger partial charge >= 0.3 is 0 Å². The first-order chi connectivity index (χ1) is 3.93. The minimum atomic E-state index is 0.244. The molecule has 0 radical (unpaired) electrons. The van der Waals surface area contributed by atoms with Crippen LogP contribution in [-0.4, -0.2) is 10.6 Å². The average molecular weight is 221 g/mol. The number of halogens is 1. The fraction of sp³-hybridized carbons (Fsp3) is 0.167. The second-order valence-electron chi connectivity index (χ2n) is 1.49. The van der Waals surface area contributed by atoms with Crippen LogP contribution in [0.2, 0.25) is 0 Å². The van der Waals surface area contributed by atoms with E-state index in [1.807, 2.05) is 0 Å². The van der Waals surface area contributed by atoms with Crippen LogP contribution >= 0.6 is 20.7 Å². The van der Waals surface area contributed by atoms with Crippen molar-refractivity contribution in [1.29, 1.82) is 0 Å². The summed E-state index contributed by atoms with van der Waals surface area (Å²) >= 11 is 0.244. The monoisotopic (exact) mass is 221 g/mol. The first-order valence-corrected chi connectivity index (χ1v) is 4.93. The number of rotatable bonds is 1. The lowest BCUT2D eigenvalue weighted by atomic mass is 10.2. The molecule has 0 saturated carbocycles. The molecular formula is C6H8IN. The van der Waals surface area contributed by atoms with E-state index in [1.165, 1.54) is 5.57 Å². The molecule has 0 saturated heterocycles. The molecule has 0 amide bonds. The highest BCUT2D eigenvalue weighted by Crippen LogP contribution is 2.07. The first kappa shape index (κ1) is 6.16. The van der Waals surface area contributed by atoms with E-state index in [9.17, 15) is 0 Å². The molecule has 1 aliphatic rings. The molecule has 1 aliphatic heterocycles. The van der Waals surface area contributed by atoms with Gasteiger partial charge in [-0.15, -0.1) is 0 Å². The second kappa shape index (κ2) is 3.14. The van der Waals surface area contributed by atoms with Crippen molar-refractivity contribution >= 4 is 24.7 Å². The third kappa shape index (κ3) is 1.52. The summed E-state index contributed by atoms with van der Waals surface area (Å²) < 4.78 is 4.45. The predicted molar refractivity (Wildman–Crippen MR) is 46.4 cm³/mol. The Hall–Kier alpha value is 0.0400. The Morgan fingerprint density at radius 1 is 1.62 bits per heavy atom. The van der Waals surface area contributed by atoms with E-state index in [0.717, 1.165) is 0 Å². The first-order valence-electron chi connectivity index (χ1n) is 2.44. The Kier molecular flexibility index (Phi) is 2.42. The van der Waals surface area contributed by atoms with Crippen molar-refractivity contribution in [3.05, 3.63) is 21.8 Å². The topological polar surface area (TPSA) is 26.0 Å². The third-order valence-corrected chi connectivity index (χ3v) is 2.48. The SMILES string of the molecule is NCC1=CC=IC=C1. The van der Waals surface area contributed by atoms with E-state index < -0.39 is 0 Å². The standard InChI is InChI=1S/C6H8IN/c8-5-6-1-3-7-4-2-6/h1-4H,5,8H2. The summed E-state index contributed by atoms with van der Waals surface area (Å²) in [6.45, 7) is 0.677. The van der Waals surface area contributed by atoms with Crippen molar-refractivity contribution in [1.82, 2.24) is 0 Å². The van der Waals surface area contributed by atoms with Crippen LogP contribution in [0.1, 0.15) is 0 Å². The van der Waals surface area contributed by atoms with Crippen LogP contribution in [0.25, 0.3) is 0 Å². The Morgan fingerprint density at radius 3 is 2.88 bits per heavy atom. The van der Waals surface area contributed by atoms with Crippen molar-refractivity contribution in [2.75, 3.05) is 6.54 Å². The smallest absolute Gasteiger partial charge is 0.0178 e. The van der Waals surface area contributed by atoms with Crippen molar-refractivity contribution in [3.8, 4) is 0 Å². The van der Waals surface area contributed by atoms with Gasteiger partial charge in [-0.3, -0.25) is 0 Å². The van der Waals surface area contributed by atoms with Gasteiger partial charge in [-0.25, -0.2) is 0 Å². The maximum Gasteiger partial charge on any atom is 0.0178 e. The quantitative estimate of drug-likeness (QED) is 0.661. The lowest BCUT2D eigenvalue weighted by Gasteiger charge is -1.95. The largest absolute Gasteiger partial charge is 0.326 e. The zero-order chi connectivity index (χ0) is 5.82. The van der Waals surface area contributed by atoms with Gasteiger partial charge in [0.25, 0.3) is 0 Å². The fourth-order valence-electron chi connectivity index (χ4n) is 0.468. The van der Waals surface area contributed by atoms with E-state index in [-0.39, 0.29) is 20.7 Å². The highest BCUT2D eigenvalue weighted by Gasteiger charge is 1.86. The molecule has 2 N–H and O–H groups in total. The fourth-order valence-corrected chi connectivity index (χ4v) is 2.05. The van der Waals surface area contributed by atoms with E-state index >= 15 is 0 Å². The summed E-state index contributed by atoms with van der Waals surface area (Å²) in [6, 6.07) is 0.